The van der Waals surface area contributed by atoms with Gasteiger partial charge in [-0.1, -0.05) is 34.6 Å². The van der Waals surface area contributed by atoms with Crippen molar-refractivity contribution in [3.05, 3.63) is 44.0 Å². The maximum atomic E-state index is 14.1. The number of esters is 7. The molecule has 0 aromatic rings. The topological polar surface area (TPSA) is 276 Å². The Labute approximate surface area is 426 Å². The predicted octanol–water partition coefficient (Wildman–Crippen LogP) is 6.14. The third-order valence-corrected chi connectivity index (χ3v) is 17.1. The van der Waals surface area contributed by atoms with Crippen molar-refractivity contribution in [3.8, 4) is 0 Å². The molecule has 9 atom stereocenters. The van der Waals surface area contributed by atoms with Crippen molar-refractivity contribution in [3.63, 3.8) is 0 Å². The van der Waals surface area contributed by atoms with Crippen LogP contribution in [0.1, 0.15) is 126 Å². The number of allylic oxidation sites excluding steroid dienone is 6. The molecule has 73 heavy (non-hydrogen) atoms. The fraction of sp³-hybridized carbons (Fsp3) is 0.692. The molecule has 5 aliphatic heterocycles. The van der Waals surface area contributed by atoms with Crippen molar-refractivity contribution < 1.29 is 71.6 Å². The summed E-state index contributed by atoms with van der Waals surface area (Å²) in [5.41, 5.74) is -4.67. The first-order valence-electron chi connectivity index (χ1n) is 24.5. The van der Waals surface area contributed by atoms with Crippen molar-refractivity contribution in [2.24, 2.45) is 60.3 Å². The SMILES string of the molecule is COC(=O)CC[C@@H]1/C2=C(\C)C3=N[C@H]([C@H](CC(=O)OC)[C@@]3(C)CCC(=O)OC)[C@@]3(C)N=C(/C(C)=C4\N/C(=C(/[N+](=O)[O-])C(=N2)C1(C)C)[C@@H](CCC(=O)OC)[C@]4(C)CC(=O)OC)[C@@H](CCC(=O)OC)[C@]3(C)CC(=O)OC. The maximum Gasteiger partial charge on any atom is 0.310 e. The van der Waals surface area contributed by atoms with Crippen molar-refractivity contribution in [1.29, 1.82) is 0 Å². The summed E-state index contributed by atoms with van der Waals surface area (Å²) in [6.07, 6.45) is -1.29. The third-order valence-electron chi connectivity index (χ3n) is 17.1. The van der Waals surface area contributed by atoms with E-state index in [1.165, 1.54) is 49.8 Å². The van der Waals surface area contributed by atoms with E-state index in [0.717, 1.165) is 0 Å². The second kappa shape index (κ2) is 22.1. The number of fused-ring (bicyclic) bond motifs is 6. The first-order chi connectivity index (χ1) is 34.1. The number of ether oxygens (including phenoxy) is 7. The van der Waals surface area contributed by atoms with Crippen LogP contribution in [0.2, 0.25) is 0 Å². The van der Waals surface area contributed by atoms with Gasteiger partial charge in [-0.3, -0.25) is 53.7 Å². The van der Waals surface area contributed by atoms with Crippen LogP contribution >= 0.6 is 0 Å². The number of nitrogens with one attached hydrogen (secondary N) is 1. The summed E-state index contributed by atoms with van der Waals surface area (Å²) in [7, 11) is 8.75. The number of carbonyl (C=O) groups is 7. The molecule has 0 aromatic heterocycles. The number of nitro groups is 1. The molecule has 1 saturated heterocycles. The first kappa shape index (κ1) is 57.6. The van der Waals surface area contributed by atoms with Gasteiger partial charge in [0.15, 0.2) is 0 Å². The lowest BCUT2D eigenvalue weighted by Crippen LogP contribution is -2.55. The summed E-state index contributed by atoms with van der Waals surface area (Å²) in [4.78, 5) is 124. The molecule has 21 heteroatoms. The first-order valence-corrected chi connectivity index (χ1v) is 24.5. The Morgan fingerprint density at radius 3 is 1.59 bits per heavy atom. The predicted molar refractivity (Wildman–Crippen MR) is 264 cm³/mol. The molecule has 1 fully saturated rings. The number of hydrogen-bond acceptors (Lipinski definition) is 20. The molecule has 8 bridgehead atoms. The smallest absolute Gasteiger partial charge is 0.310 e. The number of aliphatic imine (C=N–C) groups is 3. The molecular weight excluding hydrogens is 951 g/mol. The minimum atomic E-state index is -1.49. The van der Waals surface area contributed by atoms with Gasteiger partial charge >= 0.3 is 47.5 Å². The van der Waals surface area contributed by atoms with E-state index in [1.807, 2.05) is 20.8 Å². The number of hydrogen-bond donors (Lipinski definition) is 1. The summed E-state index contributed by atoms with van der Waals surface area (Å²) in [6, 6.07) is -1.00. The lowest BCUT2D eigenvalue weighted by molar-refractivity contribution is -0.417. The number of nitrogens with zero attached hydrogens (tertiary/aromatic N) is 4. The van der Waals surface area contributed by atoms with Gasteiger partial charge in [0.1, 0.15) is 5.71 Å². The second-order valence-electron chi connectivity index (χ2n) is 21.1. The van der Waals surface area contributed by atoms with Gasteiger partial charge in [-0.15, -0.1) is 0 Å². The zero-order chi connectivity index (χ0) is 54.8. The standard InChI is InChI=1S/C52H73N5O16/c1-27-40-29(16-19-33(58)67-9)48(3,4)47(53-40)43(57(65)66)42-30(17-20-34(59)68-10)50(6,25-38(63)72-14)45(54-42)28(2)41-31(18-21-35(60)69-11)51(7,26-39(64)73-15)52(8,56-41)46-32(24-37(62)71-13)49(5,44(27)55-46)23-22-36(61)70-12/h29-32,46,54H,16-26H2,1-15H3/b40-27-,43-42+,45-28-/t29-,30-,31-,32+,46-,49-,50+,51+,52-/m1/s1. The molecular formula is C52H73N5O16. The molecule has 0 spiro atoms. The van der Waals surface area contributed by atoms with Gasteiger partial charge in [-0.2, -0.15) is 0 Å². The van der Waals surface area contributed by atoms with Crippen molar-refractivity contribution in [2.45, 2.75) is 138 Å². The lowest BCUT2D eigenvalue weighted by atomic mass is 9.55. The summed E-state index contributed by atoms with van der Waals surface area (Å²) in [6.45, 7) is 14.4. The van der Waals surface area contributed by atoms with Crippen molar-refractivity contribution >= 4 is 58.9 Å². The molecule has 1 N–H and O–H groups in total. The minimum Gasteiger partial charge on any atom is -0.469 e. The Morgan fingerprint density at radius 2 is 1.08 bits per heavy atom. The number of carbonyl (C=O) groups excluding carboxylic acids is 7. The molecule has 0 radical (unpaired) electrons. The fourth-order valence-corrected chi connectivity index (χ4v) is 12.7. The normalized spacial score (nSPS) is 32.9. The van der Waals surface area contributed by atoms with Crippen LogP contribution < -0.4 is 5.32 Å². The molecule has 0 aliphatic carbocycles. The van der Waals surface area contributed by atoms with Crippen LogP contribution in [0.15, 0.2) is 48.9 Å². The highest BCUT2D eigenvalue weighted by Gasteiger charge is 2.67. The maximum absolute atomic E-state index is 14.1. The lowest BCUT2D eigenvalue weighted by Gasteiger charge is -2.48. The quantitative estimate of drug-likeness (QED) is 0.0658. The molecule has 0 unspecified atom stereocenters. The average molecular weight is 1020 g/mol. The molecule has 5 rings (SSSR count). The Morgan fingerprint density at radius 1 is 0.603 bits per heavy atom. The molecule has 0 amide bonds. The molecule has 21 nitrogen and oxygen atoms in total. The minimum absolute atomic E-state index is 0.0337. The fourth-order valence-electron chi connectivity index (χ4n) is 12.7. The van der Waals surface area contributed by atoms with Gasteiger partial charge < -0.3 is 38.5 Å². The Hall–Kier alpha value is -6.28. The van der Waals surface area contributed by atoms with Crippen LogP contribution in [0.3, 0.4) is 0 Å². The summed E-state index contributed by atoms with van der Waals surface area (Å²) in [5.74, 6) is -7.46. The number of methoxy groups -OCH3 is 7. The van der Waals surface area contributed by atoms with E-state index in [0.29, 0.717) is 34.0 Å². The molecule has 0 aromatic carbocycles. The largest absolute Gasteiger partial charge is 0.469 e. The molecule has 5 heterocycles. The van der Waals surface area contributed by atoms with Crippen LogP contribution in [-0.2, 0) is 66.7 Å². The number of rotatable bonds is 19. The third kappa shape index (κ3) is 10.3. The monoisotopic (exact) mass is 1020 g/mol. The highest BCUT2D eigenvalue weighted by Crippen LogP contribution is 2.63. The van der Waals surface area contributed by atoms with Gasteiger partial charge in [0.25, 0.3) is 0 Å². The molecule has 5 aliphatic rings. The van der Waals surface area contributed by atoms with E-state index < -0.39 is 109 Å². The van der Waals surface area contributed by atoms with E-state index in [-0.39, 0.29) is 82.0 Å². The highest BCUT2D eigenvalue weighted by atomic mass is 16.6. The van der Waals surface area contributed by atoms with Gasteiger partial charge in [-0.05, 0) is 57.6 Å². The van der Waals surface area contributed by atoms with E-state index in [4.69, 9.17) is 48.1 Å². The Bertz CT molecular complexity index is 2500. The Balaban J connectivity index is 2.13. The van der Waals surface area contributed by atoms with Crippen LogP contribution in [-0.4, -0.2) is 125 Å². The molecule has 402 valence electrons. The van der Waals surface area contributed by atoms with E-state index in [9.17, 15) is 43.7 Å². The van der Waals surface area contributed by atoms with Crippen molar-refractivity contribution in [1.82, 2.24) is 5.32 Å². The summed E-state index contributed by atoms with van der Waals surface area (Å²) in [5, 5.41) is 17.6. The molecule has 0 saturated carbocycles. The van der Waals surface area contributed by atoms with Crippen molar-refractivity contribution in [2.75, 3.05) is 49.8 Å². The summed E-state index contributed by atoms with van der Waals surface area (Å²) < 4.78 is 36.5. The zero-order valence-electron chi connectivity index (χ0n) is 45.0. The zero-order valence-corrected chi connectivity index (χ0v) is 45.0. The van der Waals surface area contributed by atoms with Gasteiger partial charge in [0, 0.05) is 93.8 Å². The Kier molecular flexibility index (Phi) is 17.4. The van der Waals surface area contributed by atoms with E-state index in [2.05, 4.69) is 5.32 Å². The van der Waals surface area contributed by atoms with Gasteiger partial charge in [-0.25, -0.2) is 4.99 Å². The highest BCUT2D eigenvalue weighted by molar-refractivity contribution is 6.11. The van der Waals surface area contributed by atoms with Crippen LogP contribution in [0.25, 0.3) is 0 Å². The van der Waals surface area contributed by atoms with Gasteiger partial charge in [0.05, 0.1) is 91.2 Å². The van der Waals surface area contributed by atoms with Crippen LogP contribution in [0.5, 0.6) is 0 Å². The van der Waals surface area contributed by atoms with Gasteiger partial charge in [0.2, 0.25) is 0 Å². The van der Waals surface area contributed by atoms with E-state index >= 15 is 0 Å². The van der Waals surface area contributed by atoms with Crippen LogP contribution in [0.4, 0.5) is 0 Å². The summed E-state index contributed by atoms with van der Waals surface area (Å²) >= 11 is 0. The van der Waals surface area contributed by atoms with Crippen LogP contribution in [0, 0.1) is 55.4 Å². The van der Waals surface area contributed by atoms with E-state index in [1.54, 1.807) is 34.6 Å². The second-order valence-corrected chi connectivity index (χ2v) is 21.1. The average Bonchev–Trinajstić information content (AvgIpc) is 3.98.